The van der Waals surface area contributed by atoms with E-state index < -0.39 is 0 Å². The van der Waals surface area contributed by atoms with Crippen LogP contribution in [-0.2, 0) is 9.53 Å². The number of carbonyl (C=O) groups is 1. The second kappa shape index (κ2) is 4.99. The first kappa shape index (κ1) is 12.9. The molecule has 0 spiro atoms. The van der Waals surface area contributed by atoms with Crippen molar-refractivity contribution in [3.05, 3.63) is 24.3 Å². The molecule has 0 aromatic rings. The van der Waals surface area contributed by atoms with Gasteiger partial charge in [-0.3, -0.25) is 4.79 Å². The van der Waals surface area contributed by atoms with Gasteiger partial charge in [-0.05, 0) is 19.9 Å². The minimum atomic E-state index is -0.262. The summed E-state index contributed by atoms with van der Waals surface area (Å²) in [5, 5.41) is 0. The summed E-state index contributed by atoms with van der Waals surface area (Å²) in [6.07, 6.45) is 3.52. The van der Waals surface area contributed by atoms with Crippen molar-refractivity contribution in [3.8, 4) is 0 Å². The van der Waals surface area contributed by atoms with Crippen molar-refractivity contribution in [2.45, 2.75) is 40.7 Å². The number of hydrogen-bond donors (Lipinski definition) is 0. The van der Waals surface area contributed by atoms with Gasteiger partial charge in [-0.15, -0.1) is 6.58 Å². The largest absolute Gasteiger partial charge is 0.457 e. The maximum Gasteiger partial charge on any atom is 0.303 e. The van der Waals surface area contributed by atoms with E-state index in [1.54, 1.807) is 6.08 Å². The van der Waals surface area contributed by atoms with Gasteiger partial charge in [0, 0.05) is 12.3 Å². The topological polar surface area (TPSA) is 26.3 Å². The summed E-state index contributed by atoms with van der Waals surface area (Å²) in [6.45, 7) is 13.1. The van der Waals surface area contributed by atoms with Crippen molar-refractivity contribution in [1.82, 2.24) is 0 Å². The molecule has 0 bridgehead atoms. The van der Waals surface area contributed by atoms with E-state index in [4.69, 9.17) is 4.74 Å². The highest BCUT2D eigenvalue weighted by atomic mass is 16.5. The lowest BCUT2D eigenvalue weighted by Gasteiger charge is -2.28. The molecule has 2 heteroatoms. The third-order valence-electron chi connectivity index (χ3n) is 2.04. The van der Waals surface area contributed by atoms with E-state index in [0.29, 0.717) is 0 Å². The predicted octanol–water partition coefficient (Wildman–Crippen LogP) is 3.10. The van der Waals surface area contributed by atoms with Crippen molar-refractivity contribution >= 4 is 5.97 Å². The van der Waals surface area contributed by atoms with Crippen LogP contribution in [0.25, 0.3) is 0 Å². The third kappa shape index (κ3) is 4.26. The number of carbonyl (C=O) groups excluding carboxylic acids is 1. The number of esters is 1. The molecule has 0 aliphatic carbocycles. The fraction of sp³-hybridized carbons (Fsp3) is 0.583. The van der Waals surface area contributed by atoms with E-state index in [1.807, 2.05) is 33.8 Å². The first-order valence-electron chi connectivity index (χ1n) is 4.75. The fourth-order valence-electron chi connectivity index (χ4n) is 0.998. The lowest BCUT2D eigenvalue weighted by atomic mass is 9.85. The average molecular weight is 196 g/mol. The molecule has 1 atom stereocenters. The number of ether oxygens (including phenoxy) is 1. The van der Waals surface area contributed by atoms with Crippen LogP contribution in [0.15, 0.2) is 24.3 Å². The van der Waals surface area contributed by atoms with Crippen LogP contribution in [0.4, 0.5) is 0 Å². The quantitative estimate of drug-likeness (QED) is 0.510. The zero-order valence-electron chi connectivity index (χ0n) is 9.76. The van der Waals surface area contributed by atoms with Gasteiger partial charge in [-0.1, -0.05) is 25.5 Å². The zero-order valence-corrected chi connectivity index (χ0v) is 9.76. The van der Waals surface area contributed by atoms with Crippen molar-refractivity contribution in [3.63, 3.8) is 0 Å². The van der Waals surface area contributed by atoms with Crippen molar-refractivity contribution in [1.29, 1.82) is 0 Å². The summed E-state index contributed by atoms with van der Waals surface area (Å²) < 4.78 is 5.23. The highest BCUT2D eigenvalue weighted by Gasteiger charge is 2.27. The molecule has 0 N–H and O–H groups in total. The molecule has 0 aromatic carbocycles. The van der Waals surface area contributed by atoms with E-state index in [-0.39, 0.29) is 17.5 Å². The van der Waals surface area contributed by atoms with Gasteiger partial charge in [-0.25, -0.2) is 0 Å². The van der Waals surface area contributed by atoms with Crippen molar-refractivity contribution in [2.75, 3.05) is 0 Å². The summed E-state index contributed by atoms with van der Waals surface area (Å²) in [5.41, 5.74) is 0.898. The Morgan fingerprint density at radius 2 is 1.86 bits per heavy atom. The Kier molecular flexibility index (Phi) is 4.61. The minimum Gasteiger partial charge on any atom is -0.457 e. The molecule has 0 radical (unpaired) electrons. The molecule has 0 unspecified atom stereocenters. The van der Waals surface area contributed by atoms with Crippen LogP contribution in [0.1, 0.15) is 34.6 Å². The average Bonchev–Trinajstić information content (AvgIpc) is 2.01. The summed E-state index contributed by atoms with van der Waals surface area (Å²) >= 11 is 0. The molecule has 14 heavy (non-hydrogen) atoms. The maximum atomic E-state index is 10.9. The van der Waals surface area contributed by atoms with E-state index in [1.165, 1.54) is 6.92 Å². The van der Waals surface area contributed by atoms with Gasteiger partial charge in [0.1, 0.15) is 6.10 Å². The molecule has 0 aromatic heterocycles. The van der Waals surface area contributed by atoms with E-state index in [9.17, 15) is 4.79 Å². The van der Waals surface area contributed by atoms with Crippen molar-refractivity contribution in [2.24, 2.45) is 5.41 Å². The molecule has 0 heterocycles. The van der Waals surface area contributed by atoms with E-state index in [0.717, 1.165) is 5.57 Å². The van der Waals surface area contributed by atoms with Crippen LogP contribution in [0.5, 0.6) is 0 Å². The molecule has 0 fully saturated rings. The highest BCUT2D eigenvalue weighted by Crippen LogP contribution is 2.26. The lowest BCUT2D eigenvalue weighted by molar-refractivity contribution is -0.147. The van der Waals surface area contributed by atoms with Gasteiger partial charge in [0.05, 0.1) is 0 Å². The standard InChI is InChI=1S/C12H20O2/c1-7-12(5,6)11(8-9(2)3)14-10(4)13/h7-8,11H,1H2,2-6H3/t11-/m0/s1. The second-order valence-corrected chi connectivity index (χ2v) is 4.30. The second-order valence-electron chi connectivity index (χ2n) is 4.30. The molecule has 0 aliphatic rings. The molecule has 2 nitrogen and oxygen atoms in total. The fourth-order valence-corrected chi connectivity index (χ4v) is 0.998. The molecule has 0 rings (SSSR count). The maximum absolute atomic E-state index is 10.9. The number of hydrogen-bond acceptors (Lipinski definition) is 2. The SMILES string of the molecule is C=CC(C)(C)[C@H](C=C(C)C)OC(C)=O. The Labute approximate surface area is 86.6 Å². The van der Waals surface area contributed by atoms with Crippen LogP contribution in [0.2, 0.25) is 0 Å². The van der Waals surface area contributed by atoms with Crippen LogP contribution in [0.3, 0.4) is 0 Å². The van der Waals surface area contributed by atoms with Crippen LogP contribution < -0.4 is 0 Å². The molecule has 0 aliphatic heterocycles. The summed E-state index contributed by atoms with van der Waals surface area (Å²) in [7, 11) is 0. The Hall–Kier alpha value is -1.05. The van der Waals surface area contributed by atoms with Crippen LogP contribution in [-0.4, -0.2) is 12.1 Å². The molecule has 80 valence electrons. The smallest absolute Gasteiger partial charge is 0.303 e. The number of allylic oxidation sites excluding steroid dienone is 1. The summed E-state index contributed by atoms with van der Waals surface area (Å²) in [6, 6.07) is 0. The van der Waals surface area contributed by atoms with Crippen LogP contribution in [0, 0.1) is 5.41 Å². The Bertz CT molecular complexity index is 245. The van der Waals surface area contributed by atoms with Gasteiger partial charge < -0.3 is 4.74 Å². The van der Waals surface area contributed by atoms with Crippen LogP contribution >= 0.6 is 0 Å². The molecule has 0 saturated carbocycles. The Balaban J connectivity index is 4.81. The van der Waals surface area contributed by atoms with Gasteiger partial charge in [0.2, 0.25) is 0 Å². The lowest BCUT2D eigenvalue weighted by Crippen LogP contribution is -2.30. The Morgan fingerprint density at radius 3 is 2.14 bits per heavy atom. The molecule has 0 amide bonds. The molecular formula is C12H20O2. The summed E-state index contributed by atoms with van der Waals surface area (Å²) in [4.78, 5) is 10.9. The zero-order chi connectivity index (χ0) is 11.4. The monoisotopic (exact) mass is 196 g/mol. The normalized spacial score (nSPS) is 12.9. The summed E-state index contributed by atoms with van der Waals surface area (Å²) in [5.74, 6) is -0.262. The molecular weight excluding hydrogens is 176 g/mol. The first-order chi connectivity index (χ1) is 6.29. The van der Waals surface area contributed by atoms with Gasteiger partial charge in [-0.2, -0.15) is 0 Å². The van der Waals surface area contributed by atoms with E-state index >= 15 is 0 Å². The highest BCUT2D eigenvalue weighted by molar-refractivity contribution is 5.66. The minimum absolute atomic E-state index is 0.233. The van der Waals surface area contributed by atoms with E-state index in [2.05, 4.69) is 6.58 Å². The third-order valence-corrected chi connectivity index (χ3v) is 2.04. The molecule has 0 saturated heterocycles. The number of rotatable bonds is 4. The predicted molar refractivity (Wildman–Crippen MR) is 59.0 cm³/mol. The van der Waals surface area contributed by atoms with Gasteiger partial charge in [0.15, 0.2) is 0 Å². The van der Waals surface area contributed by atoms with Gasteiger partial charge in [0.25, 0.3) is 0 Å². The Morgan fingerprint density at radius 1 is 1.36 bits per heavy atom. The first-order valence-corrected chi connectivity index (χ1v) is 4.75. The van der Waals surface area contributed by atoms with Crippen molar-refractivity contribution < 1.29 is 9.53 Å². The van der Waals surface area contributed by atoms with Gasteiger partial charge >= 0.3 is 5.97 Å².